The lowest BCUT2D eigenvalue weighted by Gasteiger charge is -2.12. The van der Waals surface area contributed by atoms with E-state index in [2.05, 4.69) is 16.4 Å². The van der Waals surface area contributed by atoms with Gasteiger partial charge in [-0.3, -0.25) is 4.79 Å². The van der Waals surface area contributed by atoms with Crippen molar-refractivity contribution in [3.8, 4) is 28.5 Å². The van der Waals surface area contributed by atoms with Gasteiger partial charge in [-0.15, -0.1) is 11.8 Å². The number of carbonyl (C=O) groups excluding carboxylic acids is 1. The number of pyridine rings is 2. The maximum Gasteiger partial charge on any atom is 0.226 e. The molecule has 0 spiro atoms. The van der Waals surface area contributed by atoms with Gasteiger partial charge in [0.2, 0.25) is 5.91 Å². The third kappa shape index (κ3) is 5.65. The molecule has 0 aliphatic heterocycles. The molecule has 0 aliphatic rings. The average Bonchev–Trinajstić information content (AvgIpc) is 2.84. The summed E-state index contributed by atoms with van der Waals surface area (Å²) in [4.78, 5) is 21.4. The summed E-state index contributed by atoms with van der Waals surface area (Å²) in [5.41, 5.74) is 5.12. The molecule has 0 fully saturated rings. The number of aryl methyl sites for hydroxylation is 1. The Morgan fingerprint density at radius 2 is 1.70 bits per heavy atom. The first kappa shape index (κ1) is 22.3. The highest BCUT2D eigenvalue weighted by atomic mass is 32.2. The van der Waals surface area contributed by atoms with Crippen LogP contribution in [-0.2, 0) is 4.79 Å². The number of rotatable bonds is 7. The van der Waals surface area contributed by atoms with E-state index in [0.29, 0.717) is 22.2 Å². The van der Waals surface area contributed by atoms with E-state index in [4.69, 9.17) is 4.98 Å². The molecule has 2 heterocycles. The van der Waals surface area contributed by atoms with Crippen LogP contribution in [0.4, 0.5) is 5.82 Å². The number of carbonyl (C=O) groups is 1. The molecular weight excluding hydrogens is 428 g/mol. The molecule has 1 amide bonds. The first-order valence-corrected chi connectivity index (χ1v) is 11.5. The molecule has 0 saturated heterocycles. The zero-order chi connectivity index (χ0) is 23.0. The average molecular weight is 451 g/mol. The van der Waals surface area contributed by atoms with Crippen molar-refractivity contribution in [1.82, 2.24) is 9.97 Å². The maximum atomic E-state index is 12.4. The van der Waals surface area contributed by atoms with Crippen LogP contribution in [0, 0.1) is 18.3 Å². The van der Waals surface area contributed by atoms with Crippen LogP contribution < -0.4 is 5.32 Å². The van der Waals surface area contributed by atoms with Crippen LogP contribution in [0.1, 0.15) is 17.5 Å². The Hall–Kier alpha value is -3.95. The van der Waals surface area contributed by atoms with Crippen LogP contribution in [0.25, 0.3) is 22.4 Å². The molecule has 4 aromatic rings. The molecule has 1 N–H and O–H groups in total. The number of hydrogen-bond acceptors (Lipinski definition) is 5. The predicted molar refractivity (Wildman–Crippen MR) is 133 cm³/mol. The standard InChI is InChI=1S/C27H22N4OS/c1-19-12-14-29-25(16-19)31-26(32)13-15-33-27-23(18-28)22(20-8-4-2-5-9-20)17-24(30-27)21-10-6-3-7-11-21/h2-12,14,16-17H,13,15H2,1H3,(H,29,31,32). The highest BCUT2D eigenvalue weighted by molar-refractivity contribution is 7.99. The molecule has 2 aromatic carbocycles. The Labute approximate surface area is 197 Å². The second kappa shape index (κ2) is 10.6. The summed E-state index contributed by atoms with van der Waals surface area (Å²) in [7, 11) is 0. The number of nitriles is 1. The van der Waals surface area contributed by atoms with Crippen molar-refractivity contribution in [1.29, 1.82) is 5.26 Å². The zero-order valence-corrected chi connectivity index (χ0v) is 19.0. The number of nitrogens with one attached hydrogen (secondary N) is 1. The quantitative estimate of drug-likeness (QED) is 0.344. The van der Waals surface area contributed by atoms with E-state index < -0.39 is 0 Å². The molecule has 2 aromatic heterocycles. The summed E-state index contributed by atoms with van der Waals surface area (Å²) < 4.78 is 0. The predicted octanol–water partition coefficient (Wildman–Crippen LogP) is 6.11. The zero-order valence-electron chi connectivity index (χ0n) is 18.2. The molecule has 0 radical (unpaired) electrons. The summed E-state index contributed by atoms with van der Waals surface area (Å²) in [6.45, 7) is 1.95. The van der Waals surface area contributed by atoms with Crippen LogP contribution in [0.3, 0.4) is 0 Å². The summed E-state index contributed by atoms with van der Waals surface area (Å²) in [6.07, 6.45) is 1.95. The highest BCUT2D eigenvalue weighted by Gasteiger charge is 2.16. The molecule has 6 heteroatoms. The minimum atomic E-state index is -0.124. The van der Waals surface area contributed by atoms with Crippen molar-refractivity contribution in [2.45, 2.75) is 18.4 Å². The number of thioether (sulfide) groups is 1. The van der Waals surface area contributed by atoms with Gasteiger partial charge in [0.05, 0.1) is 11.3 Å². The summed E-state index contributed by atoms with van der Waals surface area (Å²) >= 11 is 1.42. The highest BCUT2D eigenvalue weighted by Crippen LogP contribution is 2.34. The van der Waals surface area contributed by atoms with Gasteiger partial charge >= 0.3 is 0 Å². The van der Waals surface area contributed by atoms with Crippen LogP contribution in [0.2, 0.25) is 0 Å². The number of hydrogen-bond donors (Lipinski definition) is 1. The second-order valence-corrected chi connectivity index (χ2v) is 8.53. The molecule has 4 rings (SSSR count). The normalized spacial score (nSPS) is 10.4. The van der Waals surface area contributed by atoms with E-state index in [0.717, 1.165) is 27.9 Å². The van der Waals surface area contributed by atoms with Gasteiger partial charge in [0.15, 0.2) is 0 Å². The third-order valence-corrected chi connectivity index (χ3v) is 5.98. The van der Waals surface area contributed by atoms with E-state index in [9.17, 15) is 10.1 Å². The van der Waals surface area contributed by atoms with Crippen LogP contribution >= 0.6 is 11.8 Å². The Balaban J connectivity index is 1.58. The number of nitrogens with zero attached hydrogens (tertiary/aromatic N) is 3. The van der Waals surface area contributed by atoms with Crippen LogP contribution in [0.15, 0.2) is 90.1 Å². The van der Waals surface area contributed by atoms with Gasteiger partial charge in [0.25, 0.3) is 0 Å². The Morgan fingerprint density at radius 3 is 2.36 bits per heavy atom. The van der Waals surface area contributed by atoms with Crippen LogP contribution in [0.5, 0.6) is 0 Å². The fourth-order valence-electron chi connectivity index (χ4n) is 3.39. The minimum absolute atomic E-state index is 0.124. The number of anilines is 1. The number of aromatic nitrogens is 2. The number of amides is 1. The Bertz CT molecular complexity index is 1300. The SMILES string of the molecule is Cc1ccnc(NC(=O)CCSc2nc(-c3ccccc3)cc(-c3ccccc3)c2C#N)c1. The van der Waals surface area contributed by atoms with Gasteiger partial charge < -0.3 is 5.32 Å². The van der Waals surface area contributed by atoms with Crippen molar-refractivity contribution in [2.24, 2.45) is 0 Å². The molecule has 0 atom stereocenters. The maximum absolute atomic E-state index is 12.4. The Morgan fingerprint density at radius 1 is 1.00 bits per heavy atom. The molecule has 0 aliphatic carbocycles. The van der Waals surface area contributed by atoms with E-state index in [1.807, 2.05) is 85.8 Å². The second-order valence-electron chi connectivity index (χ2n) is 7.44. The first-order chi connectivity index (χ1) is 16.1. The van der Waals surface area contributed by atoms with Gasteiger partial charge in [-0.25, -0.2) is 9.97 Å². The lowest BCUT2D eigenvalue weighted by Crippen LogP contribution is -2.13. The summed E-state index contributed by atoms with van der Waals surface area (Å²) in [5.74, 6) is 0.908. The van der Waals surface area contributed by atoms with Crippen LogP contribution in [-0.4, -0.2) is 21.6 Å². The van der Waals surface area contributed by atoms with Crippen molar-refractivity contribution in [3.05, 3.63) is 96.2 Å². The van der Waals surface area contributed by atoms with Crippen molar-refractivity contribution < 1.29 is 4.79 Å². The molecule has 0 bridgehead atoms. The van der Waals surface area contributed by atoms with E-state index in [1.54, 1.807) is 6.20 Å². The van der Waals surface area contributed by atoms with Crippen molar-refractivity contribution in [3.63, 3.8) is 0 Å². The van der Waals surface area contributed by atoms with E-state index in [1.165, 1.54) is 11.8 Å². The molecule has 33 heavy (non-hydrogen) atoms. The minimum Gasteiger partial charge on any atom is -0.311 e. The summed E-state index contributed by atoms with van der Waals surface area (Å²) in [6, 6.07) is 27.7. The van der Waals surface area contributed by atoms with E-state index >= 15 is 0 Å². The number of benzene rings is 2. The summed E-state index contributed by atoms with van der Waals surface area (Å²) in [5, 5.41) is 13.4. The lowest BCUT2D eigenvalue weighted by atomic mass is 9.99. The largest absolute Gasteiger partial charge is 0.311 e. The molecule has 0 unspecified atom stereocenters. The van der Waals surface area contributed by atoms with Gasteiger partial charge in [-0.05, 0) is 36.2 Å². The smallest absolute Gasteiger partial charge is 0.226 e. The molecule has 5 nitrogen and oxygen atoms in total. The van der Waals surface area contributed by atoms with Gasteiger partial charge in [0.1, 0.15) is 16.9 Å². The topological polar surface area (TPSA) is 78.7 Å². The van der Waals surface area contributed by atoms with Gasteiger partial charge in [-0.1, -0.05) is 60.7 Å². The molecule has 0 saturated carbocycles. The first-order valence-electron chi connectivity index (χ1n) is 10.6. The van der Waals surface area contributed by atoms with Gasteiger partial charge in [-0.2, -0.15) is 5.26 Å². The molecule has 162 valence electrons. The lowest BCUT2D eigenvalue weighted by molar-refractivity contribution is -0.115. The fraction of sp³-hybridized carbons (Fsp3) is 0.111. The van der Waals surface area contributed by atoms with Crippen molar-refractivity contribution >= 4 is 23.5 Å². The molecular formula is C27H22N4OS. The monoisotopic (exact) mass is 450 g/mol. The third-order valence-electron chi connectivity index (χ3n) is 5.00. The van der Waals surface area contributed by atoms with Gasteiger partial charge in [0, 0.05) is 29.5 Å². The Kier molecular flexibility index (Phi) is 7.13. The fourth-order valence-corrected chi connectivity index (χ4v) is 4.33. The van der Waals surface area contributed by atoms with E-state index in [-0.39, 0.29) is 12.3 Å². The van der Waals surface area contributed by atoms with Crippen molar-refractivity contribution in [2.75, 3.05) is 11.1 Å².